The normalized spacial score (nSPS) is 15.3. The molecule has 2 heterocycles. The Kier molecular flexibility index (Phi) is 2.70. The monoisotopic (exact) mass is 279 g/mol. The fourth-order valence-corrected chi connectivity index (χ4v) is 3.79. The van der Waals surface area contributed by atoms with Gasteiger partial charge in [-0.15, -0.1) is 0 Å². The summed E-state index contributed by atoms with van der Waals surface area (Å²) >= 11 is 0. The molecule has 1 aromatic heterocycles. The second-order valence-corrected chi connectivity index (χ2v) is 6.21. The number of anilines is 1. The Morgan fingerprint density at radius 1 is 1.37 bits per heavy atom. The van der Waals surface area contributed by atoms with Crippen LogP contribution in [0.5, 0.6) is 5.75 Å². The highest BCUT2D eigenvalue weighted by Crippen LogP contribution is 2.38. The number of phenolic OH excluding ortho intramolecular Hbond substituents is 1. The third kappa shape index (κ3) is 1.86. The number of aromatic nitrogens is 2. The van der Waals surface area contributed by atoms with Crippen LogP contribution in [0, 0.1) is 0 Å². The first-order valence-electron chi connectivity index (χ1n) is 5.92. The molecule has 19 heavy (non-hydrogen) atoms. The van der Waals surface area contributed by atoms with Gasteiger partial charge in [-0.25, -0.2) is 4.98 Å². The molecule has 0 bridgehead atoms. The Labute approximate surface area is 110 Å². The van der Waals surface area contributed by atoms with Crippen molar-refractivity contribution in [1.29, 1.82) is 0 Å². The zero-order valence-corrected chi connectivity index (χ0v) is 10.9. The average molecular weight is 279 g/mol. The van der Waals surface area contributed by atoms with Crippen LogP contribution in [-0.2, 0) is 16.4 Å². The minimum absolute atomic E-state index is 0.0136. The summed E-state index contributed by atoms with van der Waals surface area (Å²) in [6, 6.07) is 5.06. The number of imidazole rings is 1. The van der Waals surface area contributed by atoms with Crippen molar-refractivity contribution < 1.29 is 13.5 Å². The predicted octanol–water partition coefficient (Wildman–Crippen LogP) is 1.26. The van der Waals surface area contributed by atoms with Crippen molar-refractivity contribution in [1.82, 2.24) is 9.97 Å². The fraction of sp³-hybridized carbons (Fsp3) is 0.250. The number of nitrogens with one attached hydrogen (secondary N) is 1. The molecule has 0 unspecified atom stereocenters. The van der Waals surface area contributed by atoms with E-state index in [0.717, 1.165) is 18.4 Å². The van der Waals surface area contributed by atoms with Crippen LogP contribution < -0.4 is 4.31 Å². The lowest BCUT2D eigenvalue weighted by molar-refractivity contribution is 0.472. The smallest absolute Gasteiger partial charge is 0.281 e. The standard InChI is InChI=1S/C12H13N3O3S/c16-10-5-1-3-9-4-2-6-15(12(9)10)19(17,18)11-7-13-8-14-11/h1,3,5,7-8,16H,2,4,6H2,(H,13,14). The van der Waals surface area contributed by atoms with Crippen LogP contribution >= 0.6 is 0 Å². The van der Waals surface area contributed by atoms with E-state index in [1.54, 1.807) is 6.07 Å². The molecule has 1 aliphatic rings. The summed E-state index contributed by atoms with van der Waals surface area (Å²) in [5.74, 6) is -0.0136. The molecule has 6 nitrogen and oxygen atoms in total. The molecule has 0 amide bonds. The molecule has 3 rings (SSSR count). The van der Waals surface area contributed by atoms with Crippen molar-refractivity contribution in [3.8, 4) is 5.75 Å². The third-order valence-electron chi connectivity index (χ3n) is 3.20. The largest absolute Gasteiger partial charge is 0.506 e. The number of hydrogen-bond donors (Lipinski definition) is 2. The predicted molar refractivity (Wildman–Crippen MR) is 69.5 cm³/mol. The summed E-state index contributed by atoms with van der Waals surface area (Å²) in [6.45, 7) is 0.353. The Morgan fingerprint density at radius 2 is 2.21 bits per heavy atom. The lowest BCUT2D eigenvalue weighted by Gasteiger charge is -2.30. The number of aromatic amines is 1. The van der Waals surface area contributed by atoms with Gasteiger partial charge in [0.05, 0.1) is 18.2 Å². The molecule has 0 aliphatic carbocycles. The molecule has 1 aromatic carbocycles. The van der Waals surface area contributed by atoms with E-state index in [2.05, 4.69) is 9.97 Å². The lowest BCUT2D eigenvalue weighted by Crippen LogP contribution is -2.35. The minimum Gasteiger partial charge on any atom is -0.506 e. The van der Waals surface area contributed by atoms with E-state index in [9.17, 15) is 13.5 Å². The number of hydrogen-bond acceptors (Lipinski definition) is 4. The van der Waals surface area contributed by atoms with Crippen molar-refractivity contribution in [2.75, 3.05) is 10.8 Å². The van der Waals surface area contributed by atoms with E-state index in [0.29, 0.717) is 12.2 Å². The molecule has 0 spiro atoms. The highest BCUT2D eigenvalue weighted by molar-refractivity contribution is 7.92. The van der Waals surface area contributed by atoms with E-state index < -0.39 is 10.0 Å². The van der Waals surface area contributed by atoms with Crippen LogP contribution in [0.4, 0.5) is 5.69 Å². The van der Waals surface area contributed by atoms with Gasteiger partial charge in [-0.05, 0) is 24.5 Å². The topological polar surface area (TPSA) is 86.3 Å². The van der Waals surface area contributed by atoms with Gasteiger partial charge >= 0.3 is 0 Å². The molecule has 0 radical (unpaired) electrons. The van der Waals surface area contributed by atoms with Crippen LogP contribution in [0.1, 0.15) is 12.0 Å². The summed E-state index contributed by atoms with van der Waals surface area (Å²) < 4.78 is 26.3. The maximum atomic E-state index is 12.5. The molecule has 2 aromatic rings. The van der Waals surface area contributed by atoms with E-state index >= 15 is 0 Å². The quantitative estimate of drug-likeness (QED) is 0.866. The summed E-state index contributed by atoms with van der Waals surface area (Å²) in [7, 11) is -3.70. The number of para-hydroxylation sites is 1. The highest BCUT2D eigenvalue weighted by Gasteiger charge is 2.31. The van der Waals surface area contributed by atoms with Gasteiger partial charge in [0.15, 0.2) is 5.03 Å². The summed E-state index contributed by atoms with van der Waals surface area (Å²) in [4.78, 5) is 6.34. The van der Waals surface area contributed by atoms with Crippen LogP contribution in [0.15, 0.2) is 35.7 Å². The first-order chi connectivity index (χ1) is 9.10. The zero-order chi connectivity index (χ0) is 13.5. The van der Waals surface area contributed by atoms with Gasteiger partial charge in [0, 0.05) is 6.54 Å². The molecular formula is C12H13N3O3S. The zero-order valence-electron chi connectivity index (χ0n) is 10.1. The number of aryl methyl sites for hydroxylation is 1. The number of nitrogens with zero attached hydrogens (tertiary/aromatic N) is 2. The molecule has 0 saturated heterocycles. The maximum Gasteiger partial charge on any atom is 0.281 e. The number of sulfonamides is 1. The lowest BCUT2D eigenvalue weighted by atomic mass is 10.0. The van der Waals surface area contributed by atoms with Crippen LogP contribution in [-0.4, -0.2) is 30.0 Å². The fourth-order valence-electron chi connectivity index (χ4n) is 2.34. The molecular weight excluding hydrogens is 266 g/mol. The Bertz CT molecular complexity index is 695. The molecule has 2 N–H and O–H groups in total. The number of phenols is 1. The third-order valence-corrected chi connectivity index (χ3v) is 4.92. The van der Waals surface area contributed by atoms with Gasteiger partial charge in [0.1, 0.15) is 5.75 Å². The molecule has 0 fully saturated rings. The van der Waals surface area contributed by atoms with Crippen molar-refractivity contribution in [2.45, 2.75) is 17.9 Å². The molecule has 1 aliphatic heterocycles. The van der Waals surface area contributed by atoms with Crippen molar-refractivity contribution in [3.05, 3.63) is 36.3 Å². The molecule has 0 atom stereocenters. The van der Waals surface area contributed by atoms with E-state index in [1.165, 1.54) is 22.9 Å². The van der Waals surface area contributed by atoms with Crippen molar-refractivity contribution >= 4 is 15.7 Å². The number of benzene rings is 1. The Morgan fingerprint density at radius 3 is 2.95 bits per heavy atom. The molecule has 7 heteroatoms. The number of fused-ring (bicyclic) bond motifs is 1. The van der Waals surface area contributed by atoms with Gasteiger partial charge < -0.3 is 10.1 Å². The van der Waals surface area contributed by atoms with Crippen molar-refractivity contribution in [2.24, 2.45) is 0 Å². The number of aromatic hydroxyl groups is 1. The van der Waals surface area contributed by atoms with E-state index in [-0.39, 0.29) is 10.8 Å². The SMILES string of the molecule is O=S(=O)(c1cnc[nH]1)N1CCCc2cccc(O)c21. The molecule has 100 valence electrons. The van der Waals surface area contributed by atoms with Gasteiger partial charge in [-0.2, -0.15) is 8.42 Å². The first kappa shape index (κ1) is 12.0. The second-order valence-electron chi connectivity index (χ2n) is 4.38. The summed E-state index contributed by atoms with van der Waals surface area (Å²) in [5.41, 5.74) is 1.22. The maximum absolute atomic E-state index is 12.5. The minimum atomic E-state index is -3.70. The van der Waals surface area contributed by atoms with Crippen LogP contribution in [0.2, 0.25) is 0 Å². The average Bonchev–Trinajstić information content (AvgIpc) is 2.93. The van der Waals surface area contributed by atoms with Crippen molar-refractivity contribution in [3.63, 3.8) is 0 Å². The Hall–Kier alpha value is -2.02. The first-order valence-corrected chi connectivity index (χ1v) is 7.36. The number of rotatable bonds is 2. The summed E-state index contributed by atoms with van der Waals surface area (Å²) in [6.07, 6.45) is 4.08. The Balaban J connectivity index is 2.15. The van der Waals surface area contributed by atoms with Gasteiger partial charge in [0.2, 0.25) is 0 Å². The van der Waals surface area contributed by atoms with Crippen LogP contribution in [0.3, 0.4) is 0 Å². The van der Waals surface area contributed by atoms with Gasteiger partial charge in [-0.1, -0.05) is 12.1 Å². The molecule has 0 saturated carbocycles. The van der Waals surface area contributed by atoms with E-state index in [4.69, 9.17) is 0 Å². The van der Waals surface area contributed by atoms with Gasteiger partial charge in [0.25, 0.3) is 10.0 Å². The van der Waals surface area contributed by atoms with Gasteiger partial charge in [-0.3, -0.25) is 4.31 Å². The highest BCUT2D eigenvalue weighted by atomic mass is 32.2. The summed E-state index contributed by atoms with van der Waals surface area (Å²) in [5, 5.41) is 9.99. The van der Waals surface area contributed by atoms with Crippen LogP contribution in [0.25, 0.3) is 0 Å². The number of H-pyrrole nitrogens is 1. The second kappa shape index (κ2) is 4.27. The van der Waals surface area contributed by atoms with E-state index in [1.807, 2.05) is 6.07 Å².